The Kier molecular flexibility index (Phi) is 6.08. The summed E-state index contributed by atoms with van der Waals surface area (Å²) in [6, 6.07) is 1.47. The first kappa shape index (κ1) is 20.8. The van der Waals surface area contributed by atoms with Gasteiger partial charge >= 0.3 is 10.2 Å². The van der Waals surface area contributed by atoms with E-state index in [1.165, 1.54) is 20.9 Å². The fourth-order valence-corrected chi connectivity index (χ4v) is 4.41. The van der Waals surface area contributed by atoms with Crippen molar-refractivity contribution in [3.8, 4) is 5.88 Å². The first-order valence-electron chi connectivity index (χ1n) is 9.12. The van der Waals surface area contributed by atoms with Crippen LogP contribution in [0.4, 0.5) is 5.69 Å². The highest BCUT2D eigenvalue weighted by Crippen LogP contribution is 2.33. The lowest BCUT2D eigenvalue weighted by molar-refractivity contribution is 0.0728. The zero-order chi connectivity index (χ0) is 20.4. The van der Waals surface area contributed by atoms with Gasteiger partial charge in [-0.15, -0.1) is 0 Å². The molecule has 0 bridgehead atoms. The van der Waals surface area contributed by atoms with E-state index in [9.17, 15) is 18.3 Å². The molecule has 156 valence electrons. The number of morpholine rings is 1. The first-order chi connectivity index (χ1) is 13.2. The lowest BCUT2D eigenvalue weighted by atomic mass is 9.95. The maximum atomic E-state index is 13.1. The number of hydrogen-bond donors (Lipinski definition) is 2. The van der Waals surface area contributed by atoms with E-state index in [4.69, 9.17) is 9.47 Å². The summed E-state index contributed by atoms with van der Waals surface area (Å²) in [6.45, 7) is 5.40. The lowest BCUT2D eigenvalue weighted by Gasteiger charge is -2.35. The number of nitrogens with one attached hydrogen (secondary N) is 1. The third kappa shape index (κ3) is 4.37. The highest BCUT2D eigenvalue weighted by Gasteiger charge is 2.35. The second-order valence-corrected chi connectivity index (χ2v) is 9.35. The molecule has 2 aliphatic rings. The number of nitrogens with zero attached hydrogens (tertiary/aromatic N) is 3. The van der Waals surface area contributed by atoms with Gasteiger partial charge in [-0.3, -0.25) is 4.79 Å². The van der Waals surface area contributed by atoms with E-state index in [0.29, 0.717) is 13.2 Å². The van der Waals surface area contributed by atoms with Crippen molar-refractivity contribution in [1.29, 1.82) is 0 Å². The molecule has 0 aliphatic carbocycles. The van der Waals surface area contributed by atoms with Crippen molar-refractivity contribution in [1.82, 2.24) is 14.6 Å². The molecule has 0 saturated carbocycles. The third-order valence-electron chi connectivity index (χ3n) is 4.63. The fourth-order valence-electron chi connectivity index (χ4n) is 2.83. The second-order valence-electron chi connectivity index (χ2n) is 7.49. The van der Waals surface area contributed by atoms with E-state index in [2.05, 4.69) is 10.3 Å². The van der Waals surface area contributed by atoms with Crippen LogP contribution in [0.3, 0.4) is 0 Å². The lowest BCUT2D eigenvalue weighted by Crippen LogP contribution is -2.51. The monoisotopic (exact) mass is 414 g/mol. The molecule has 2 aliphatic heterocycles. The zero-order valence-electron chi connectivity index (χ0n) is 16.0. The third-order valence-corrected chi connectivity index (χ3v) is 6.58. The highest BCUT2D eigenvalue weighted by atomic mass is 32.2. The molecule has 1 aromatic rings. The molecule has 0 radical (unpaired) electrons. The number of aliphatic hydroxyl groups excluding tert-OH is 1. The molecule has 1 aromatic heterocycles. The van der Waals surface area contributed by atoms with E-state index >= 15 is 0 Å². The molecular formula is C17H26N4O6S. The van der Waals surface area contributed by atoms with Gasteiger partial charge in [-0.1, -0.05) is 13.8 Å². The number of fused-ring (bicyclic) bond motifs is 1. The molecule has 1 amide bonds. The summed E-state index contributed by atoms with van der Waals surface area (Å²) in [6.07, 6.45) is 1.35. The van der Waals surface area contributed by atoms with E-state index in [-0.39, 0.29) is 56.5 Å². The Labute approximate surface area is 164 Å². The van der Waals surface area contributed by atoms with Gasteiger partial charge in [0.1, 0.15) is 12.3 Å². The summed E-state index contributed by atoms with van der Waals surface area (Å²) in [5.41, 5.74) is -0.00136. The largest absolute Gasteiger partial charge is 0.474 e. The Bertz CT molecular complexity index is 823. The Hall–Kier alpha value is -1.95. The second kappa shape index (κ2) is 8.19. The van der Waals surface area contributed by atoms with E-state index < -0.39 is 21.5 Å². The molecular weight excluding hydrogens is 388 g/mol. The number of amides is 1. The quantitative estimate of drug-likeness (QED) is 0.650. The van der Waals surface area contributed by atoms with E-state index in [1.807, 2.05) is 13.8 Å². The van der Waals surface area contributed by atoms with E-state index in [0.717, 1.165) is 0 Å². The molecule has 3 rings (SSSR count). The van der Waals surface area contributed by atoms with Crippen molar-refractivity contribution in [2.24, 2.45) is 5.41 Å². The number of rotatable bonds is 6. The van der Waals surface area contributed by atoms with Crippen molar-refractivity contribution in [3.05, 3.63) is 17.8 Å². The van der Waals surface area contributed by atoms with Gasteiger partial charge in [0.2, 0.25) is 5.88 Å². The average molecular weight is 414 g/mol. The van der Waals surface area contributed by atoms with E-state index in [1.54, 1.807) is 0 Å². The van der Waals surface area contributed by atoms with Crippen LogP contribution in [0, 0.1) is 5.41 Å². The number of carbonyl (C=O) groups is 1. The van der Waals surface area contributed by atoms with Crippen LogP contribution < -0.4 is 14.4 Å². The minimum Gasteiger partial charge on any atom is -0.474 e. The van der Waals surface area contributed by atoms with Crippen LogP contribution in [0.5, 0.6) is 5.88 Å². The number of ether oxygens (including phenoxy) is 2. The Morgan fingerprint density at radius 2 is 2.00 bits per heavy atom. The van der Waals surface area contributed by atoms with Crippen LogP contribution >= 0.6 is 0 Å². The summed E-state index contributed by atoms with van der Waals surface area (Å²) in [5, 5.41) is 12.1. The fraction of sp³-hybridized carbons (Fsp3) is 0.647. The van der Waals surface area contributed by atoms with Gasteiger partial charge in [0.15, 0.2) is 0 Å². The molecule has 28 heavy (non-hydrogen) atoms. The number of anilines is 1. The number of pyridine rings is 1. The van der Waals surface area contributed by atoms with Crippen LogP contribution in [0.25, 0.3) is 0 Å². The van der Waals surface area contributed by atoms with Crippen LogP contribution in [-0.4, -0.2) is 81.3 Å². The number of aliphatic hydroxyl groups is 1. The van der Waals surface area contributed by atoms with Crippen LogP contribution in [0.15, 0.2) is 12.3 Å². The van der Waals surface area contributed by atoms with Crippen molar-refractivity contribution in [2.45, 2.75) is 13.8 Å². The molecule has 0 atom stereocenters. The Morgan fingerprint density at radius 3 is 2.68 bits per heavy atom. The minimum atomic E-state index is -3.78. The smallest absolute Gasteiger partial charge is 0.304 e. The summed E-state index contributed by atoms with van der Waals surface area (Å²) in [5.74, 6) is -0.221. The average Bonchev–Trinajstić information content (AvgIpc) is 2.71. The SMILES string of the molecule is CC(C)(CO)CNC(=O)c1cnc2c(c1)N(S(=O)(=O)N1CCOCC1)CCO2. The predicted octanol–water partition coefficient (Wildman–Crippen LogP) is -0.394. The van der Waals surface area contributed by atoms with Crippen LogP contribution in [-0.2, 0) is 14.9 Å². The minimum absolute atomic E-state index is 0.0743. The molecule has 0 aromatic carbocycles. The van der Waals surface area contributed by atoms with Crippen molar-refractivity contribution in [2.75, 3.05) is 56.9 Å². The van der Waals surface area contributed by atoms with Gasteiger partial charge < -0.3 is 19.9 Å². The predicted molar refractivity (Wildman–Crippen MR) is 102 cm³/mol. The Morgan fingerprint density at radius 1 is 1.29 bits per heavy atom. The standard InChI is InChI=1S/C17H26N4O6S/c1-17(2,12-22)11-19-15(23)13-9-14-16(18-10-13)27-8-5-21(14)28(24,25)20-3-6-26-7-4-20/h9-10,22H,3-8,11-12H2,1-2H3,(H,19,23). The van der Waals surface area contributed by atoms with Gasteiger partial charge in [-0.25, -0.2) is 9.29 Å². The molecule has 1 saturated heterocycles. The van der Waals surface area contributed by atoms with Gasteiger partial charge in [-0.2, -0.15) is 12.7 Å². The molecule has 3 heterocycles. The maximum absolute atomic E-state index is 13.1. The Balaban J connectivity index is 1.84. The summed E-state index contributed by atoms with van der Waals surface area (Å²) >= 11 is 0. The number of hydrogen-bond acceptors (Lipinski definition) is 7. The summed E-state index contributed by atoms with van der Waals surface area (Å²) in [7, 11) is -3.78. The first-order valence-corrected chi connectivity index (χ1v) is 10.5. The molecule has 0 unspecified atom stereocenters. The molecule has 10 nitrogen and oxygen atoms in total. The molecule has 0 spiro atoms. The molecule has 11 heteroatoms. The summed E-state index contributed by atoms with van der Waals surface area (Å²) < 4.78 is 39.4. The normalized spacial score (nSPS) is 18.3. The van der Waals surface area contributed by atoms with Gasteiger partial charge in [0.25, 0.3) is 5.91 Å². The molecule has 1 fully saturated rings. The van der Waals surface area contributed by atoms with Crippen molar-refractivity contribution >= 4 is 21.8 Å². The van der Waals surface area contributed by atoms with Gasteiger partial charge in [0, 0.05) is 37.9 Å². The highest BCUT2D eigenvalue weighted by molar-refractivity contribution is 7.90. The topological polar surface area (TPSA) is 121 Å². The van der Waals surface area contributed by atoms with Crippen molar-refractivity contribution in [3.63, 3.8) is 0 Å². The van der Waals surface area contributed by atoms with Crippen LogP contribution in [0.2, 0.25) is 0 Å². The van der Waals surface area contributed by atoms with Gasteiger partial charge in [0.05, 0.1) is 25.3 Å². The van der Waals surface area contributed by atoms with Crippen LogP contribution in [0.1, 0.15) is 24.2 Å². The van der Waals surface area contributed by atoms with Crippen molar-refractivity contribution < 1.29 is 27.8 Å². The maximum Gasteiger partial charge on any atom is 0.304 e. The number of aromatic nitrogens is 1. The zero-order valence-corrected chi connectivity index (χ0v) is 16.9. The van der Waals surface area contributed by atoms with Gasteiger partial charge in [-0.05, 0) is 6.07 Å². The number of carbonyl (C=O) groups excluding carboxylic acids is 1. The molecule has 2 N–H and O–H groups in total. The summed E-state index contributed by atoms with van der Waals surface area (Å²) in [4.78, 5) is 16.6.